The number of carbonyl (C=O) groups is 1. The summed E-state index contributed by atoms with van der Waals surface area (Å²) in [6.07, 6.45) is 2.13. The second kappa shape index (κ2) is 6.24. The van der Waals surface area contributed by atoms with Crippen molar-refractivity contribution in [2.75, 3.05) is 19.8 Å². The molecule has 2 aliphatic rings. The van der Waals surface area contributed by atoms with Crippen LogP contribution in [0.5, 0.6) is 5.75 Å². The van der Waals surface area contributed by atoms with Crippen LogP contribution in [0.2, 0.25) is 0 Å². The van der Waals surface area contributed by atoms with E-state index in [-0.39, 0.29) is 17.4 Å². The van der Waals surface area contributed by atoms with Gasteiger partial charge in [-0.2, -0.15) is 0 Å². The number of ether oxygens (including phenoxy) is 2. The van der Waals surface area contributed by atoms with Crippen molar-refractivity contribution < 1.29 is 14.3 Å². The largest absolute Gasteiger partial charge is 0.491 e. The van der Waals surface area contributed by atoms with Crippen LogP contribution in [0.15, 0.2) is 18.2 Å². The van der Waals surface area contributed by atoms with Crippen LogP contribution in [0, 0.1) is 5.92 Å². The molecule has 0 aromatic heterocycles. The normalized spacial score (nSPS) is 26.5. The third kappa shape index (κ3) is 2.87. The molecule has 1 amide bonds. The second-order valence-corrected chi connectivity index (χ2v) is 6.00. The van der Waals surface area contributed by atoms with Crippen molar-refractivity contribution in [1.29, 1.82) is 0 Å². The van der Waals surface area contributed by atoms with Gasteiger partial charge in [0.05, 0.1) is 23.6 Å². The molecule has 0 saturated carbocycles. The predicted molar refractivity (Wildman–Crippen MR) is 81.0 cm³/mol. The van der Waals surface area contributed by atoms with Crippen LogP contribution in [-0.2, 0) is 4.74 Å². The third-order valence-electron chi connectivity index (χ3n) is 4.25. The van der Waals surface area contributed by atoms with Gasteiger partial charge in [0, 0.05) is 12.5 Å². The molecule has 1 aromatic carbocycles. The maximum atomic E-state index is 12.1. The highest BCUT2D eigenvalue weighted by Gasteiger charge is 2.34. The molecule has 1 N–H and O–H groups in total. The Bertz CT molecular complexity index is 534. The fourth-order valence-electron chi connectivity index (χ4n) is 3.11. The van der Waals surface area contributed by atoms with Crippen molar-refractivity contribution in [3.05, 3.63) is 29.3 Å². The van der Waals surface area contributed by atoms with Crippen LogP contribution < -0.4 is 10.1 Å². The molecule has 0 spiro atoms. The lowest BCUT2D eigenvalue weighted by atomic mass is 9.90. The fourth-order valence-corrected chi connectivity index (χ4v) is 3.53. The van der Waals surface area contributed by atoms with Crippen LogP contribution in [0.3, 0.4) is 0 Å². The Morgan fingerprint density at radius 3 is 3.10 bits per heavy atom. The first-order valence-electron chi connectivity index (χ1n) is 7.51. The van der Waals surface area contributed by atoms with Gasteiger partial charge in [-0.1, -0.05) is 13.0 Å². The van der Waals surface area contributed by atoms with E-state index < -0.39 is 0 Å². The molecule has 2 aliphatic heterocycles. The zero-order valence-electron chi connectivity index (χ0n) is 12.1. The third-order valence-corrected chi connectivity index (χ3v) is 4.83. The zero-order valence-corrected chi connectivity index (χ0v) is 12.9. The SMILES string of the molecule is CCC1OCCC1C(Cl)c1ccc2c(c1)C(=O)NCCO2. The first kappa shape index (κ1) is 14.7. The molecular formula is C16H20ClNO3. The van der Waals surface area contributed by atoms with E-state index in [2.05, 4.69) is 12.2 Å². The van der Waals surface area contributed by atoms with E-state index in [0.717, 1.165) is 25.0 Å². The Hall–Kier alpha value is -1.26. The summed E-state index contributed by atoms with van der Waals surface area (Å²) in [5, 5.41) is 2.68. The highest BCUT2D eigenvalue weighted by molar-refractivity contribution is 6.21. The molecule has 3 atom stereocenters. The molecule has 1 aromatic rings. The number of halogens is 1. The molecule has 3 rings (SSSR count). The highest BCUT2D eigenvalue weighted by atomic mass is 35.5. The van der Waals surface area contributed by atoms with Crippen molar-refractivity contribution >= 4 is 17.5 Å². The summed E-state index contributed by atoms with van der Waals surface area (Å²) in [6.45, 7) is 3.91. The molecule has 2 heterocycles. The van der Waals surface area contributed by atoms with Gasteiger partial charge in [0.2, 0.25) is 0 Å². The van der Waals surface area contributed by atoms with Gasteiger partial charge in [0.1, 0.15) is 12.4 Å². The summed E-state index contributed by atoms with van der Waals surface area (Å²) in [5.74, 6) is 0.833. The van der Waals surface area contributed by atoms with Crippen LogP contribution in [0.4, 0.5) is 0 Å². The molecular weight excluding hydrogens is 290 g/mol. The van der Waals surface area contributed by atoms with Crippen LogP contribution in [0.25, 0.3) is 0 Å². The minimum absolute atomic E-state index is 0.0945. The van der Waals surface area contributed by atoms with Crippen molar-refractivity contribution in [1.82, 2.24) is 5.32 Å². The maximum absolute atomic E-state index is 12.1. The zero-order chi connectivity index (χ0) is 14.8. The van der Waals surface area contributed by atoms with E-state index in [9.17, 15) is 4.79 Å². The smallest absolute Gasteiger partial charge is 0.255 e. The Morgan fingerprint density at radius 1 is 1.43 bits per heavy atom. The number of alkyl halides is 1. The van der Waals surface area contributed by atoms with Gasteiger partial charge < -0.3 is 14.8 Å². The summed E-state index contributed by atoms with van der Waals surface area (Å²) >= 11 is 6.66. The van der Waals surface area contributed by atoms with Crippen LogP contribution in [0.1, 0.15) is 41.1 Å². The molecule has 4 nitrogen and oxygen atoms in total. The van der Waals surface area contributed by atoms with Crippen molar-refractivity contribution in [2.24, 2.45) is 5.92 Å². The van der Waals surface area contributed by atoms with Crippen LogP contribution in [-0.4, -0.2) is 31.8 Å². The van der Waals surface area contributed by atoms with Gasteiger partial charge in [-0.15, -0.1) is 11.6 Å². The Kier molecular flexibility index (Phi) is 4.36. The van der Waals surface area contributed by atoms with Crippen molar-refractivity contribution in [3.8, 4) is 5.75 Å². The van der Waals surface area contributed by atoms with Gasteiger partial charge in [-0.25, -0.2) is 0 Å². The minimum Gasteiger partial charge on any atom is -0.491 e. The molecule has 114 valence electrons. The summed E-state index contributed by atoms with van der Waals surface area (Å²) < 4.78 is 11.3. The second-order valence-electron chi connectivity index (χ2n) is 5.53. The van der Waals surface area contributed by atoms with Gasteiger partial charge in [0.15, 0.2) is 0 Å². The lowest BCUT2D eigenvalue weighted by molar-refractivity contribution is 0.0864. The van der Waals surface area contributed by atoms with Gasteiger partial charge >= 0.3 is 0 Å². The monoisotopic (exact) mass is 309 g/mol. The molecule has 1 saturated heterocycles. The summed E-state index contributed by atoms with van der Waals surface area (Å²) in [5.41, 5.74) is 1.53. The average Bonchev–Trinajstić information content (AvgIpc) is 2.91. The molecule has 0 radical (unpaired) electrons. The summed E-state index contributed by atoms with van der Waals surface area (Å²) in [6, 6.07) is 5.67. The number of amides is 1. The highest BCUT2D eigenvalue weighted by Crippen LogP contribution is 2.40. The molecule has 1 fully saturated rings. The molecule has 0 bridgehead atoms. The van der Waals surface area contributed by atoms with E-state index in [4.69, 9.17) is 21.1 Å². The number of hydrogen-bond acceptors (Lipinski definition) is 3. The Labute approximate surface area is 129 Å². The first-order valence-corrected chi connectivity index (χ1v) is 7.95. The standard InChI is InChI=1S/C16H20ClNO3/c1-2-13-11(5-7-20-13)15(17)10-3-4-14-12(9-10)16(19)18-6-8-21-14/h3-4,9,11,13,15H,2,5-8H2,1H3,(H,18,19). The number of benzene rings is 1. The topological polar surface area (TPSA) is 47.6 Å². The lowest BCUT2D eigenvalue weighted by Gasteiger charge is -2.23. The first-order chi connectivity index (χ1) is 10.2. The molecule has 0 aliphatic carbocycles. The molecule has 5 heteroatoms. The number of hydrogen-bond donors (Lipinski definition) is 1. The van der Waals surface area contributed by atoms with E-state index >= 15 is 0 Å². The van der Waals surface area contributed by atoms with Gasteiger partial charge in [-0.05, 0) is 30.5 Å². The van der Waals surface area contributed by atoms with E-state index in [0.29, 0.717) is 30.4 Å². The number of nitrogens with one attached hydrogen (secondary N) is 1. The number of rotatable bonds is 3. The maximum Gasteiger partial charge on any atom is 0.255 e. The Balaban J connectivity index is 1.87. The fraction of sp³-hybridized carbons (Fsp3) is 0.562. The van der Waals surface area contributed by atoms with Crippen LogP contribution >= 0.6 is 11.6 Å². The lowest BCUT2D eigenvalue weighted by Crippen LogP contribution is -2.24. The average molecular weight is 310 g/mol. The van der Waals surface area contributed by atoms with Crippen molar-refractivity contribution in [2.45, 2.75) is 31.2 Å². The van der Waals surface area contributed by atoms with Gasteiger partial charge in [0.25, 0.3) is 5.91 Å². The summed E-state index contributed by atoms with van der Waals surface area (Å²) in [4.78, 5) is 12.1. The van der Waals surface area contributed by atoms with Crippen molar-refractivity contribution in [3.63, 3.8) is 0 Å². The van der Waals surface area contributed by atoms with E-state index in [1.54, 1.807) is 0 Å². The molecule has 3 unspecified atom stereocenters. The number of fused-ring (bicyclic) bond motifs is 1. The minimum atomic E-state index is -0.140. The molecule has 21 heavy (non-hydrogen) atoms. The number of carbonyl (C=O) groups excluding carboxylic acids is 1. The predicted octanol–water partition coefficient (Wildman–Crippen LogP) is 2.90. The van der Waals surface area contributed by atoms with Gasteiger partial charge in [-0.3, -0.25) is 4.79 Å². The quantitative estimate of drug-likeness (QED) is 0.873. The van der Waals surface area contributed by atoms with E-state index in [1.807, 2.05) is 18.2 Å². The Morgan fingerprint density at radius 2 is 2.29 bits per heavy atom. The summed E-state index contributed by atoms with van der Waals surface area (Å²) in [7, 11) is 0. The van der Waals surface area contributed by atoms with E-state index in [1.165, 1.54) is 0 Å².